The zero-order valence-electron chi connectivity index (χ0n) is 14.6. The lowest BCUT2D eigenvalue weighted by Crippen LogP contribution is -2.37. The minimum Gasteiger partial charge on any atom is -0.468 e. The van der Waals surface area contributed by atoms with Crippen LogP contribution >= 0.6 is 0 Å². The Kier molecular flexibility index (Phi) is 5.92. The summed E-state index contributed by atoms with van der Waals surface area (Å²) in [6.45, 7) is 1.80. The van der Waals surface area contributed by atoms with E-state index in [0.717, 1.165) is 38.1 Å². The maximum atomic E-state index is 12.8. The van der Waals surface area contributed by atoms with Gasteiger partial charge in [-0.3, -0.25) is 4.90 Å². The maximum Gasteiger partial charge on any atom is 0.416 e. The molecule has 1 aromatic heterocycles. The molecule has 5 nitrogen and oxygen atoms in total. The van der Waals surface area contributed by atoms with Crippen molar-refractivity contribution >= 4 is 10.0 Å². The molecule has 3 rings (SSSR count). The standard InChI is InChI=1S/C18H21F3N2O3S/c19-18(20,21)15-6-3-5-14(11-15)13-27(24,25)22-12-16(17-7-4-10-26-17)23-8-1-2-9-23/h3-7,10-11,16,22H,1-2,8-9,12-13H2. The zero-order chi connectivity index (χ0) is 19.5. The van der Waals surface area contributed by atoms with Gasteiger partial charge in [0.25, 0.3) is 0 Å². The molecule has 0 radical (unpaired) electrons. The van der Waals surface area contributed by atoms with Crippen LogP contribution in [0.2, 0.25) is 0 Å². The molecule has 1 aliphatic heterocycles. The second-order valence-electron chi connectivity index (χ2n) is 6.58. The monoisotopic (exact) mass is 402 g/mol. The van der Waals surface area contributed by atoms with Crippen LogP contribution in [-0.2, 0) is 22.0 Å². The van der Waals surface area contributed by atoms with Crippen LogP contribution in [-0.4, -0.2) is 33.0 Å². The second-order valence-corrected chi connectivity index (χ2v) is 8.39. The number of nitrogens with zero attached hydrogens (tertiary/aromatic N) is 1. The third kappa shape index (κ3) is 5.33. The Hall–Kier alpha value is -1.84. The molecule has 0 saturated carbocycles. The summed E-state index contributed by atoms with van der Waals surface area (Å²) in [6, 6.07) is 7.68. The molecule has 1 aliphatic rings. The average molecular weight is 402 g/mol. The van der Waals surface area contributed by atoms with Crippen LogP contribution in [0.3, 0.4) is 0 Å². The number of rotatable bonds is 7. The van der Waals surface area contributed by atoms with Gasteiger partial charge < -0.3 is 4.42 Å². The van der Waals surface area contributed by atoms with Gasteiger partial charge in [0.15, 0.2) is 0 Å². The SMILES string of the molecule is O=S(=O)(Cc1cccc(C(F)(F)F)c1)NCC(c1ccco1)N1CCCC1. The maximum absolute atomic E-state index is 12.8. The van der Waals surface area contributed by atoms with E-state index in [0.29, 0.717) is 5.76 Å². The molecule has 2 aromatic rings. The highest BCUT2D eigenvalue weighted by molar-refractivity contribution is 7.88. The molecule has 9 heteroatoms. The van der Waals surface area contributed by atoms with Crippen molar-refractivity contribution in [1.29, 1.82) is 0 Å². The molecular weight excluding hydrogens is 381 g/mol. The van der Waals surface area contributed by atoms with Gasteiger partial charge in [-0.1, -0.05) is 18.2 Å². The molecule has 1 atom stereocenters. The third-order valence-corrected chi connectivity index (χ3v) is 5.88. The molecule has 0 aliphatic carbocycles. The Morgan fingerprint density at radius 2 is 1.89 bits per heavy atom. The van der Waals surface area contributed by atoms with Gasteiger partial charge in [0.1, 0.15) is 5.76 Å². The van der Waals surface area contributed by atoms with E-state index in [1.54, 1.807) is 12.1 Å². The zero-order valence-corrected chi connectivity index (χ0v) is 15.4. The molecule has 148 valence electrons. The summed E-state index contributed by atoms with van der Waals surface area (Å²) in [6.07, 6.45) is -0.898. The van der Waals surface area contributed by atoms with Crippen molar-refractivity contribution in [3.8, 4) is 0 Å². The molecule has 27 heavy (non-hydrogen) atoms. The average Bonchev–Trinajstić information content (AvgIpc) is 3.28. The summed E-state index contributed by atoms with van der Waals surface area (Å²) in [4.78, 5) is 2.14. The Balaban J connectivity index is 1.68. The van der Waals surface area contributed by atoms with Crippen LogP contribution in [0.15, 0.2) is 47.1 Å². The number of alkyl halides is 3. The minimum absolute atomic E-state index is 0.0908. The van der Waals surface area contributed by atoms with Crippen molar-refractivity contribution in [2.45, 2.75) is 30.8 Å². The fourth-order valence-electron chi connectivity index (χ4n) is 3.26. The Morgan fingerprint density at radius 3 is 2.52 bits per heavy atom. The van der Waals surface area contributed by atoms with Crippen molar-refractivity contribution in [1.82, 2.24) is 9.62 Å². The summed E-state index contributed by atoms with van der Waals surface area (Å²) < 4.78 is 71.2. The summed E-state index contributed by atoms with van der Waals surface area (Å²) in [7, 11) is -3.80. The van der Waals surface area contributed by atoms with Gasteiger partial charge in [-0.05, 0) is 49.7 Å². The van der Waals surface area contributed by atoms with Gasteiger partial charge >= 0.3 is 6.18 Å². The molecule has 1 aromatic carbocycles. The van der Waals surface area contributed by atoms with Gasteiger partial charge in [0, 0.05) is 6.54 Å². The number of sulfonamides is 1. The number of hydrogen-bond donors (Lipinski definition) is 1. The topological polar surface area (TPSA) is 62.6 Å². The second kappa shape index (κ2) is 8.04. The first-order valence-corrected chi connectivity index (χ1v) is 10.3. The number of furan rings is 1. The highest BCUT2D eigenvalue weighted by Crippen LogP contribution is 2.30. The number of halogens is 3. The van der Waals surface area contributed by atoms with Crippen LogP contribution < -0.4 is 4.72 Å². The predicted octanol–water partition coefficient (Wildman–Crippen LogP) is 3.55. The van der Waals surface area contributed by atoms with Gasteiger partial charge in [-0.15, -0.1) is 0 Å². The fraction of sp³-hybridized carbons (Fsp3) is 0.444. The van der Waals surface area contributed by atoms with Crippen LogP contribution in [0, 0.1) is 0 Å². The van der Waals surface area contributed by atoms with Gasteiger partial charge in [-0.25, -0.2) is 13.1 Å². The Morgan fingerprint density at radius 1 is 1.15 bits per heavy atom. The van der Waals surface area contributed by atoms with Gasteiger partial charge in [-0.2, -0.15) is 13.2 Å². The lowest BCUT2D eigenvalue weighted by molar-refractivity contribution is -0.137. The van der Waals surface area contributed by atoms with E-state index in [4.69, 9.17) is 4.42 Å². The molecular formula is C18H21F3N2O3S. The highest BCUT2D eigenvalue weighted by Gasteiger charge is 2.31. The van der Waals surface area contributed by atoms with Gasteiger partial charge in [0.05, 0.1) is 23.6 Å². The summed E-state index contributed by atoms with van der Waals surface area (Å²) >= 11 is 0. The van der Waals surface area contributed by atoms with E-state index >= 15 is 0 Å². The summed E-state index contributed by atoms with van der Waals surface area (Å²) in [5, 5.41) is 0. The van der Waals surface area contributed by atoms with E-state index in [-0.39, 0.29) is 18.2 Å². The first kappa shape index (κ1) is 19.9. The van der Waals surface area contributed by atoms with Crippen LogP contribution in [0.25, 0.3) is 0 Å². The van der Waals surface area contributed by atoms with Crippen LogP contribution in [0.5, 0.6) is 0 Å². The number of nitrogens with one attached hydrogen (secondary N) is 1. The lowest BCUT2D eigenvalue weighted by Gasteiger charge is -2.26. The first-order chi connectivity index (χ1) is 12.7. The minimum atomic E-state index is -4.51. The molecule has 1 unspecified atom stereocenters. The molecule has 1 saturated heterocycles. The molecule has 0 spiro atoms. The predicted molar refractivity (Wildman–Crippen MR) is 94.3 cm³/mol. The molecule has 1 fully saturated rings. The van der Waals surface area contributed by atoms with E-state index in [2.05, 4.69) is 9.62 Å². The number of likely N-dealkylation sites (tertiary alicyclic amines) is 1. The van der Waals surface area contributed by atoms with Crippen molar-refractivity contribution in [2.75, 3.05) is 19.6 Å². The highest BCUT2D eigenvalue weighted by atomic mass is 32.2. The van der Waals surface area contributed by atoms with Crippen molar-refractivity contribution in [3.63, 3.8) is 0 Å². The molecule has 0 bridgehead atoms. The quantitative estimate of drug-likeness (QED) is 0.769. The summed E-state index contributed by atoms with van der Waals surface area (Å²) in [5.74, 6) is 0.153. The van der Waals surface area contributed by atoms with E-state index in [1.807, 2.05) is 0 Å². The third-order valence-electron chi connectivity index (χ3n) is 4.56. The van der Waals surface area contributed by atoms with E-state index < -0.39 is 27.5 Å². The van der Waals surface area contributed by atoms with Gasteiger partial charge in [0.2, 0.25) is 10.0 Å². The Bertz CT molecular complexity index is 845. The van der Waals surface area contributed by atoms with Crippen molar-refractivity contribution < 1.29 is 26.0 Å². The fourth-order valence-corrected chi connectivity index (χ4v) is 4.39. The van der Waals surface area contributed by atoms with Crippen LogP contribution in [0.1, 0.15) is 35.8 Å². The normalized spacial score (nSPS) is 17.3. The van der Waals surface area contributed by atoms with Crippen molar-refractivity contribution in [3.05, 3.63) is 59.5 Å². The molecule has 1 N–H and O–H groups in total. The number of benzene rings is 1. The number of hydrogen-bond acceptors (Lipinski definition) is 4. The Labute approximate surface area is 156 Å². The van der Waals surface area contributed by atoms with Crippen molar-refractivity contribution in [2.24, 2.45) is 0 Å². The first-order valence-electron chi connectivity index (χ1n) is 8.65. The van der Waals surface area contributed by atoms with E-state index in [1.165, 1.54) is 18.4 Å². The smallest absolute Gasteiger partial charge is 0.416 e. The lowest BCUT2D eigenvalue weighted by atomic mass is 10.1. The van der Waals surface area contributed by atoms with Crippen LogP contribution in [0.4, 0.5) is 13.2 Å². The molecule has 2 heterocycles. The summed E-state index contributed by atoms with van der Waals surface area (Å²) in [5.41, 5.74) is -0.770. The largest absolute Gasteiger partial charge is 0.468 e. The van der Waals surface area contributed by atoms with E-state index in [9.17, 15) is 21.6 Å². The molecule has 0 amide bonds.